The van der Waals surface area contributed by atoms with Gasteiger partial charge in [0.05, 0.1) is 31.0 Å². The first kappa shape index (κ1) is 22.5. The minimum absolute atomic E-state index is 0.0364. The maximum absolute atomic E-state index is 13.0. The molecule has 30 heavy (non-hydrogen) atoms. The highest BCUT2D eigenvalue weighted by Gasteiger charge is 2.31. The molecule has 0 aliphatic carbocycles. The molecule has 2 N–H and O–H groups in total. The van der Waals surface area contributed by atoms with Crippen LogP contribution in [0.1, 0.15) is 37.7 Å². The average Bonchev–Trinajstić information content (AvgIpc) is 2.75. The van der Waals surface area contributed by atoms with Crippen molar-refractivity contribution < 1.29 is 18.1 Å². The maximum atomic E-state index is 13.0. The second-order valence-electron chi connectivity index (χ2n) is 8.09. The van der Waals surface area contributed by atoms with Gasteiger partial charge in [-0.05, 0) is 36.2 Å². The van der Waals surface area contributed by atoms with Gasteiger partial charge >= 0.3 is 0 Å². The third-order valence-corrected chi connectivity index (χ3v) is 7.97. The van der Waals surface area contributed by atoms with Gasteiger partial charge in [0.1, 0.15) is 0 Å². The first-order valence-corrected chi connectivity index (χ1v) is 12.0. The van der Waals surface area contributed by atoms with Crippen molar-refractivity contribution in [3.05, 3.63) is 60.2 Å². The summed E-state index contributed by atoms with van der Waals surface area (Å²) in [7, 11) is 0.252. The Labute approximate surface area is 179 Å². The van der Waals surface area contributed by atoms with Gasteiger partial charge in [-0.25, -0.2) is 8.42 Å². The summed E-state index contributed by atoms with van der Waals surface area (Å²) in [5.41, 5.74) is 1.57. The highest BCUT2D eigenvalue weighted by molar-refractivity contribution is 7.89. The molecule has 1 amide bonds. The Morgan fingerprint density at radius 1 is 1.10 bits per heavy atom. The molecule has 0 spiro atoms. The van der Waals surface area contributed by atoms with Crippen molar-refractivity contribution >= 4 is 21.6 Å². The fraction of sp³-hybridized carbons (Fsp3) is 0.435. The van der Waals surface area contributed by atoms with Gasteiger partial charge in [-0.1, -0.05) is 37.3 Å². The number of nitrogens with one attached hydrogen (secondary N) is 2. The van der Waals surface area contributed by atoms with Crippen LogP contribution in [0.3, 0.4) is 0 Å². The molecule has 1 aliphatic rings. The van der Waals surface area contributed by atoms with Crippen molar-refractivity contribution in [3.63, 3.8) is 0 Å². The number of hydrogen-bond donors (Lipinski definition) is 2. The third kappa shape index (κ3) is 5.09. The van der Waals surface area contributed by atoms with Gasteiger partial charge < -0.3 is 10.2 Å². The SMILES string of the molecule is CC[C@H](C(=O)Nc1ccc(S(=O)(=O)N(C)C2CC[NH+](C)CC2)cc1)c1ccccc1. The van der Waals surface area contributed by atoms with E-state index < -0.39 is 10.0 Å². The Morgan fingerprint density at radius 2 is 1.70 bits per heavy atom. The van der Waals surface area contributed by atoms with Crippen LogP contribution in [0.4, 0.5) is 5.69 Å². The molecule has 2 aromatic carbocycles. The van der Waals surface area contributed by atoms with Gasteiger partial charge in [0.2, 0.25) is 15.9 Å². The van der Waals surface area contributed by atoms with Crippen LogP contribution in [-0.2, 0) is 14.8 Å². The number of carbonyl (C=O) groups is 1. The predicted octanol–water partition coefficient (Wildman–Crippen LogP) is 2.12. The van der Waals surface area contributed by atoms with E-state index in [2.05, 4.69) is 12.4 Å². The molecule has 0 radical (unpaired) electrons. The van der Waals surface area contributed by atoms with Crippen LogP contribution in [-0.4, -0.2) is 51.9 Å². The smallest absolute Gasteiger partial charge is 0.243 e. The van der Waals surface area contributed by atoms with Gasteiger partial charge in [-0.3, -0.25) is 4.79 Å². The van der Waals surface area contributed by atoms with E-state index in [0.717, 1.165) is 31.5 Å². The number of sulfonamides is 1. The molecule has 1 saturated heterocycles. The van der Waals surface area contributed by atoms with Crippen molar-refractivity contribution in [2.75, 3.05) is 32.5 Å². The first-order valence-electron chi connectivity index (χ1n) is 10.6. The van der Waals surface area contributed by atoms with Crippen LogP contribution in [0.15, 0.2) is 59.5 Å². The van der Waals surface area contributed by atoms with Crippen molar-refractivity contribution in [1.82, 2.24) is 4.31 Å². The molecule has 162 valence electrons. The number of anilines is 1. The summed E-state index contributed by atoms with van der Waals surface area (Å²) in [5.74, 6) is -0.336. The maximum Gasteiger partial charge on any atom is 0.243 e. The van der Waals surface area contributed by atoms with Crippen LogP contribution in [0.5, 0.6) is 0 Å². The Kier molecular flexibility index (Phi) is 7.28. The number of piperidine rings is 1. The van der Waals surface area contributed by atoms with E-state index in [4.69, 9.17) is 0 Å². The van der Waals surface area contributed by atoms with Crippen LogP contribution in [0.2, 0.25) is 0 Å². The van der Waals surface area contributed by atoms with Gasteiger partial charge in [-0.15, -0.1) is 0 Å². The number of rotatable bonds is 7. The fourth-order valence-corrected chi connectivity index (χ4v) is 5.43. The zero-order valence-corrected chi connectivity index (χ0v) is 18.8. The van der Waals surface area contributed by atoms with Crippen molar-refractivity contribution in [3.8, 4) is 0 Å². The van der Waals surface area contributed by atoms with Crippen LogP contribution in [0, 0.1) is 0 Å². The molecule has 2 aromatic rings. The lowest BCUT2D eigenvalue weighted by Gasteiger charge is -2.32. The number of amides is 1. The molecular weight excluding hydrogens is 398 g/mol. The van der Waals surface area contributed by atoms with Crippen LogP contribution >= 0.6 is 0 Å². The summed E-state index contributed by atoms with van der Waals surface area (Å²) in [6.07, 6.45) is 2.42. The van der Waals surface area contributed by atoms with E-state index in [0.29, 0.717) is 12.1 Å². The number of carbonyl (C=O) groups excluding carboxylic acids is 1. The highest BCUT2D eigenvalue weighted by atomic mass is 32.2. The second kappa shape index (κ2) is 9.73. The van der Waals surface area contributed by atoms with Gasteiger partial charge in [0, 0.05) is 31.6 Å². The summed E-state index contributed by atoms with van der Waals surface area (Å²) in [6, 6.07) is 16.2. The standard InChI is InChI=1S/C23H31N3O3S/c1-4-22(18-8-6-5-7-9-18)23(27)24-19-10-12-21(13-11-19)30(28,29)26(3)20-14-16-25(2)17-15-20/h5-13,20,22H,4,14-17H2,1-3H3,(H,24,27)/p+1/t22-/m0/s1. The number of hydrogen-bond acceptors (Lipinski definition) is 3. The Morgan fingerprint density at radius 3 is 2.27 bits per heavy atom. The molecule has 6 nitrogen and oxygen atoms in total. The van der Waals surface area contributed by atoms with E-state index in [1.54, 1.807) is 31.3 Å². The molecule has 1 aliphatic heterocycles. The molecule has 3 rings (SSSR count). The van der Waals surface area contributed by atoms with Gasteiger partial charge in [-0.2, -0.15) is 4.31 Å². The van der Waals surface area contributed by atoms with Crippen molar-refractivity contribution in [1.29, 1.82) is 0 Å². The molecule has 1 heterocycles. The van der Waals surface area contributed by atoms with Crippen molar-refractivity contribution in [2.24, 2.45) is 0 Å². The topological polar surface area (TPSA) is 70.9 Å². The molecule has 1 atom stereocenters. The lowest BCUT2D eigenvalue weighted by atomic mass is 9.95. The van der Waals surface area contributed by atoms with Crippen molar-refractivity contribution in [2.45, 2.75) is 43.0 Å². The Bertz CT molecular complexity index is 937. The Balaban J connectivity index is 1.68. The van der Waals surface area contributed by atoms with Crippen LogP contribution < -0.4 is 10.2 Å². The minimum Gasteiger partial charge on any atom is -0.337 e. The molecule has 1 fully saturated rings. The van der Waals surface area contributed by atoms with E-state index in [9.17, 15) is 13.2 Å². The normalized spacial score (nSPS) is 20.7. The zero-order valence-electron chi connectivity index (χ0n) is 18.0. The van der Waals surface area contributed by atoms with Crippen LogP contribution in [0.25, 0.3) is 0 Å². The molecule has 0 saturated carbocycles. The predicted molar refractivity (Wildman–Crippen MR) is 119 cm³/mol. The quantitative estimate of drug-likeness (QED) is 0.707. The molecule has 7 heteroatoms. The molecular formula is C23H32N3O3S+. The summed E-state index contributed by atoms with van der Waals surface area (Å²) in [6.45, 7) is 3.94. The summed E-state index contributed by atoms with van der Waals surface area (Å²) in [5, 5.41) is 2.92. The average molecular weight is 431 g/mol. The van der Waals surface area contributed by atoms with E-state index in [1.807, 2.05) is 37.3 Å². The molecule has 0 unspecified atom stereocenters. The zero-order chi connectivity index (χ0) is 21.7. The monoisotopic (exact) mass is 430 g/mol. The lowest BCUT2D eigenvalue weighted by molar-refractivity contribution is -0.885. The second-order valence-corrected chi connectivity index (χ2v) is 10.1. The van der Waals surface area contributed by atoms with E-state index in [-0.39, 0.29) is 22.8 Å². The summed E-state index contributed by atoms with van der Waals surface area (Å²) in [4.78, 5) is 14.4. The first-order chi connectivity index (χ1) is 14.3. The van der Waals surface area contributed by atoms with Gasteiger partial charge in [0.15, 0.2) is 0 Å². The third-order valence-electron chi connectivity index (χ3n) is 6.05. The summed E-state index contributed by atoms with van der Waals surface area (Å²) >= 11 is 0. The molecule has 0 bridgehead atoms. The molecule has 0 aromatic heterocycles. The number of nitrogens with zero attached hydrogens (tertiary/aromatic N) is 1. The largest absolute Gasteiger partial charge is 0.337 e. The minimum atomic E-state index is -3.55. The Hall–Kier alpha value is -2.22. The summed E-state index contributed by atoms with van der Waals surface area (Å²) < 4.78 is 27.5. The number of benzene rings is 2. The van der Waals surface area contributed by atoms with Gasteiger partial charge in [0.25, 0.3) is 0 Å². The highest BCUT2D eigenvalue weighted by Crippen LogP contribution is 2.24. The van der Waals surface area contributed by atoms with E-state index in [1.165, 1.54) is 9.21 Å². The lowest BCUT2D eigenvalue weighted by Crippen LogP contribution is -3.10. The fourth-order valence-electron chi connectivity index (χ4n) is 4.02. The number of quaternary nitrogens is 1. The van der Waals surface area contributed by atoms with E-state index >= 15 is 0 Å². The number of likely N-dealkylation sites (tertiary alicyclic amines) is 1.